The molecule has 0 saturated carbocycles. The number of methoxy groups -OCH3 is 1. The molecule has 0 atom stereocenters. The third-order valence-corrected chi connectivity index (χ3v) is 2.73. The molecule has 2 aromatic rings. The van der Waals surface area contributed by atoms with Crippen LogP contribution in [0, 0.1) is 0 Å². The van der Waals surface area contributed by atoms with E-state index in [9.17, 15) is 4.79 Å². The van der Waals surface area contributed by atoms with Crippen LogP contribution in [-0.4, -0.2) is 23.2 Å². The molecule has 2 rings (SSSR count). The van der Waals surface area contributed by atoms with Crippen molar-refractivity contribution in [3.8, 4) is 0 Å². The molecule has 0 fully saturated rings. The van der Waals surface area contributed by atoms with Gasteiger partial charge in [-0.15, -0.1) is 0 Å². The fourth-order valence-electron chi connectivity index (χ4n) is 1.51. The first-order valence-electron chi connectivity index (χ1n) is 5.54. The van der Waals surface area contributed by atoms with Gasteiger partial charge in [0.2, 0.25) is 0 Å². The van der Waals surface area contributed by atoms with Gasteiger partial charge in [-0.05, 0) is 24.3 Å². The number of aliphatic imine (C=N–C) groups is 1. The number of hydrogen-bond donors (Lipinski definition) is 0. The molecule has 0 bridgehead atoms. The number of nitrogens with zero attached hydrogens (tertiary/aromatic N) is 2. The fourth-order valence-corrected chi connectivity index (χ4v) is 1.71. The fraction of sp³-hybridized carbons (Fsp3) is 0.0714. The van der Waals surface area contributed by atoms with Crippen molar-refractivity contribution >= 4 is 28.4 Å². The van der Waals surface area contributed by atoms with Crippen LogP contribution in [0.1, 0.15) is 15.9 Å². The summed E-state index contributed by atoms with van der Waals surface area (Å²) in [6.45, 7) is 0. The van der Waals surface area contributed by atoms with Gasteiger partial charge in [0.25, 0.3) is 0 Å². The number of aromatic nitrogens is 1. The number of carbonyl (C=O) groups is 1. The molecule has 4 nitrogen and oxygen atoms in total. The Labute approximate surface area is 115 Å². The summed E-state index contributed by atoms with van der Waals surface area (Å²) in [5.74, 6) is -0.449. The zero-order valence-corrected chi connectivity index (χ0v) is 11.0. The second kappa shape index (κ2) is 6.11. The molecule has 0 unspecified atom stereocenters. The molecule has 0 aliphatic carbocycles. The van der Waals surface area contributed by atoms with Crippen LogP contribution in [0.2, 0.25) is 0 Å². The van der Waals surface area contributed by atoms with E-state index < -0.39 is 5.97 Å². The van der Waals surface area contributed by atoms with Crippen LogP contribution in [0.5, 0.6) is 0 Å². The Morgan fingerprint density at radius 3 is 2.74 bits per heavy atom. The van der Waals surface area contributed by atoms with Gasteiger partial charge in [0.05, 0.1) is 18.4 Å². The molecule has 0 saturated heterocycles. The van der Waals surface area contributed by atoms with E-state index in [0.29, 0.717) is 16.8 Å². The Morgan fingerprint density at radius 1 is 1.26 bits per heavy atom. The maximum Gasteiger partial charge on any atom is 0.340 e. The molecule has 0 spiro atoms. The Bertz CT molecular complexity index is 612. The zero-order chi connectivity index (χ0) is 13.7. The highest BCUT2D eigenvalue weighted by atomic mass is 35.5. The zero-order valence-electron chi connectivity index (χ0n) is 10.2. The molecule has 0 amide bonds. The van der Waals surface area contributed by atoms with Crippen molar-refractivity contribution in [2.24, 2.45) is 4.99 Å². The quantitative estimate of drug-likeness (QED) is 0.638. The number of benzene rings is 1. The smallest absolute Gasteiger partial charge is 0.340 e. The molecule has 0 aliphatic heterocycles. The summed E-state index contributed by atoms with van der Waals surface area (Å²) in [5, 5.41) is 0.268. The number of halogens is 1. The summed E-state index contributed by atoms with van der Waals surface area (Å²) in [5.41, 5.74) is 1.51. The van der Waals surface area contributed by atoms with Crippen LogP contribution in [0.15, 0.2) is 53.8 Å². The summed E-state index contributed by atoms with van der Waals surface area (Å²) < 4.78 is 4.70. The van der Waals surface area contributed by atoms with E-state index in [0.717, 1.165) is 0 Å². The highest BCUT2D eigenvalue weighted by Crippen LogP contribution is 2.21. The summed E-state index contributed by atoms with van der Waals surface area (Å²) in [6, 6.07) is 10.4. The van der Waals surface area contributed by atoms with Gasteiger partial charge in [-0.25, -0.2) is 9.79 Å². The number of esters is 1. The minimum atomic E-state index is -0.449. The maximum atomic E-state index is 11.6. The lowest BCUT2D eigenvalue weighted by Gasteiger charge is -2.04. The van der Waals surface area contributed by atoms with Gasteiger partial charge in [-0.3, -0.25) is 4.98 Å². The van der Waals surface area contributed by atoms with Crippen molar-refractivity contribution in [3.05, 3.63) is 59.9 Å². The Morgan fingerprint density at radius 2 is 2.05 bits per heavy atom. The van der Waals surface area contributed by atoms with E-state index in [1.54, 1.807) is 48.8 Å². The van der Waals surface area contributed by atoms with Crippen molar-refractivity contribution in [1.82, 2.24) is 4.98 Å². The van der Waals surface area contributed by atoms with Crippen molar-refractivity contribution < 1.29 is 9.53 Å². The highest BCUT2D eigenvalue weighted by molar-refractivity contribution is 6.69. The van der Waals surface area contributed by atoms with Crippen LogP contribution in [0.25, 0.3) is 0 Å². The standard InChI is InChI=1S/C14H11ClN2O2/c1-19-14(18)11-6-2-3-7-12(11)17-13(15)10-5-4-8-16-9-10/h2-9H,1H3. The first kappa shape index (κ1) is 13.2. The minimum Gasteiger partial charge on any atom is -0.465 e. The summed E-state index contributed by atoms with van der Waals surface area (Å²) in [6.07, 6.45) is 3.25. The molecule has 1 aromatic heterocycles. The van der Waals surface area contributed by atoms with E-state index in [-0.39, 0.29) is 5.17 Å². The number of ether oxygens (including phenoxy) is 1. The molecular formula is C14H11ClN2O2. The molecule has 0 N–H and O–H groups in total. The molecule has 1 heterocycles. The van der Waals surface area contributed by atoms with Crippen LogP contribution < -0.4 is 0 Å². The SMILES string of the molecule is COC(=O)c1ccccc1N=C(Cl)c1cccnc1. The van der Waals surface area contributed by atoms with Gasteiger partial charge < -0.3 is 4.74 Å². The molecule has 96 valence electrons. The molecule has 0 aliphatic rings. The average Bonchev–Trinajstić information content (AvgIpc) is 2.48. The molecule has 1 aromatic carbocycles. The van der Waals surface area contributed by atoms with Crippen molar-refractivity contribution in [2.45, 2.75) is 0 Å². The number of hydrogen-bond acceptors (Lipinski definition) is 4. The molecule has 5 heteroatoms. The summed E-state index contributed by atoms with van der Waals surface area (Å²) >= 11 is 6.12. The van der Waals surface area contributed by atoms with Gasteiger partial charge in [-0.2, -0.15) is 0 Å². The van der Waals surface area contributed by atoms with Crippen LogP contribution in [0.3, 0.4) is 0 Å². The molecular weight excluding hydrogens is 264 g/mol. The second-order valence-corrected chi connectivity index (χ2v) is 4.01. The van der Waals surface area contributed by atoms with E-state index in [1.165, 1.54) is 7.11 Å². The first-order valence-corrected chi connectivity index (χ1v) is 5.92. The summed E-state index contributed by atoms with van der Waals surface area (Å²) in [7, 11) is 1.32. The Hall–Kier alpha value is -2.20. The van der Waals surface area contributed by atoms with Gasteiger partial charge in [0, 0.05) is 18.0 Å². The summed E-state index contributed by atoms with van der Waals surface area (Å²) in [4.78, 5) is 19.8. The topological polar surface area (TPSA) is 51.5 Å². The lowest BCUT2D eigenvalue weighted by molar-refractivity contribution is 0.0602. The number of carbonyl (C=O) groups excluding carboxylic acids is 1. The lowest BCUT2D eigenvalue weighted by atomic mass is 10.2. The van der Waals surface area contributed by atoms with Crippen LogP contribution >= 0.6 is 11.6 Å². The molecule has 0 radical (unpaired) electrons. The predicted octanol–water partition coefficient (Wildman–Crippen LogP) is 3.19. The third kappa shape index (κ3) is 3.17. The van der Waals surface area contributed by atoms with Gasteiger partial charge >= 0.3 is 5.97 Å². The third-order valence-electron chi connectivity index (χ3n) is 2.43. The van der Waals surface area contributed by atoms with Crippen molar-refractivity contribution in [2.75, 3.05) is 7.11 Å². The van der Waals surface area contributed by atoms with E-state index >= 15 is 0 Å². The Balaban J connectivity index is 2.41. The van der Waals surface area contributed by atoms with Gasteiger partial charge in [0.1, 0.15) is 5.17 Å². The maximum absolute atomic E-state index is 11.6. The monoisotopic (exact) mass is 274 g/mol. The number of rotatable bonds is 3. The van der Waals surface area contributed by atoms with Crippen molar-refractivity contribution in [1.29, 1.82) is 0 Å². The minimum absolute atomic E-state index is 0.268. The molecule has 19 heavy (non-hydrogen) atoms. The largest absolute Gasteiger partial charge is 0.465 e. The predicted molar refractivity (Wildman–Crippen MR) is 74.1 cm³/mol. The number of para-hydroxylation sites is 1. The van der Waals surface area contributed by atoms with Gasteiger partial charge in [-0.1, -0.05) is 23.7 Å². The lowest BCUT2D eigenvalue weighted by Crippen LogP contribution is -2.01. The Kier molecular flexibility index (Phi) is 4.26. The van der Waals surface area contributed by atoms with Crippen LogP contribution in [-0.2, 0) is 4.74 Å². The van der Waals surface area contributed by atoms with Crippen molar-refractivity contribution in [3.63, 3.8) is 0 Å². The van der Waals surface area contributed by atoms with Crippen LogP contribution in [0.4, 0.5) is 5.69 Å². The second-order valence-electron chi connectivity index (χ2n) is 3.65. The van der Waals surface area contributed by atoms with Gasteiger partial charge in [0.15, 0.2) is 0 Å². The average molecular weight is 275 g/mol. The number of pyridine rings is 1. The normalized spacial score (nSPS) is 11.2. The van der Waals surface area contributed by atoms with E-state index in [1.807, 2.05) is 0 Å². The highest BCUT2D eigenvalue weighted by Gasteiger charge is 2.11. The van der Waals surface area contributed by atoms with E-state index in [4.69, 9.17) is 16.3 Å². The van der Waals surface area contributed by atoms with E-state index in [2.05, 4.69) is 9.98 Å². The first-order chi connectivity index (χ1) is 9.22.